The van der Waals surface area contributed by atoms with E-state index >= 15 is 0 Å². The fourth-order valence-electron chi connectivity index (χ4n) is 2.20. The third-order valence-electron chi connectivity index (χ3n) is 3.40. The summed E-state index contributed by atoms with van der Waals surface area (Å²) in [4.78, 5) is 11.6. The molecule has 0 amide bonds. The van der Waals surface area contributed by atoms with Gasteiger partial charge >= 0.3 is 5.97 Å². The average Bonchev–Trinajstić information content (AvgIpc) is 2.60. The van der Waals surface area contributed by atoms with Gasteiger partial charge in [-0.15, -0.1) is 0 Å². The van der Waals surface area contributed by atoms with Crippen molar-refractivity contribution in [3.8, 4) is 5.75 Å². The van der Waals surface area contributed by atoms with Crippen LogP contribution in [0.1, 0.15) is 36.2 Å². The fraction of sp³-hybridized carbons (Fsp3) is 0.316. The normalized spacial score (nSPS) is 10.4. The molecular weight excluding hydrogens is 361 g/mol. The molecule has 2 aromatic carbocycles. The molecular formula is C19H21Cl2NO3. The smallest absolute Gasteiger partial charge is 0.338 e. The maximum atomic E-state index is 11.6. The number of rotatable bonds is 8. The zero-order valence-electron chi connectivity index (χ0n) is 14.3. The minimum atomic E-state index is -0.324. The van der Waals surface area contributed by atoms with Crippen LogP contribution >= 0.6 is 23.2 Å². The van der Waals surface area contributed by atoms with Gasteiger partial charge in [-0.25, -0.2) is 4.79 Å². The first-order valence-electron chi connectivity index (χ1n) is 8.17. The molecule has 0 spiro atoms. The lowest BCUT2D eigenvalue weighted by Crippen LogP contribution is -2.05. The first kappa shape index (κ1) is 19.4. The van der Waals surface area contributed by atoms with Crippen molar-refractivity contribution in [3.63, 3.8) is 0 Å². The molecule has 0 atom stereocenters. The Morgan fingerprint density at radius 3 is 2.28 bits per heavy atom. The van der Waals surface area contributed by atoms with Crippen molar-refractivity contribution in [1.29, 1.82) is 0 Å². The quantitative estimate of drug-likeness (QED) is 0.607. The van der Waals surface area contributed by atoms with Gasteiger partial charge in [0.15, 0.2) is 5.75 Å². The van der Waals surface area contributed by atoms with Crippen LogP contribution in [-0.2, 0) is 11.3 Å². The third-order valence-corrected chi connectivity index (χ3v) is 3.96. The molecule has 0 fully saturated rings. The van der Waals surface area contributed by atoms with Gasteiger partial charge in [0.25, 0.3) is 0 Å². The Morgan fingerprint density at radius 2 is 1.72 bits per heavy atom. The molecule has 2 aromatic rings. The molecule has 134 valence electrons. The molecule has 0 aliphatic rings. The molecule has 0 radical (unpaired) electrons. The van der Waals surface area contributed by atoms with Gasteiger partial charge in [0, 0.05) is 12.2 Å². The van der Waals surface area contributed by atoms with Crippen molar-refractivity contribution in [3.05, 3.63) is 57.6 Å². The molecule has 0 bridgehead atoms. The maximum Gasteiger partial charge on any atom is 0.338 e. The fourth-order valence-corrected chi connectivity index (χ4v) is 2.84. The largest absolute Gasteiger partial charge is 0.490 e. The van der Waals surface area contributed by atoms with E-state index in [9.17, 15) is 4.79 Å². The topological polar surface area (TPSA) is 47.6 Å². The predicted octanol–water partition coefficient (Wildman–Crippen LogP) is 5.57. The SMILES string of the molecule is CCCOc1c(Cl)cc(CNc2ccc(C(=O)OCC)cc2)cc1Cl. The predicted molar refractivity (Wildman–Crippen MR) is 102 cm³/mol. The van der Waals surface area contributed by atoms with Crippen LogP contribution in [-0.4, -0.2) is 19.2 Å². The van der Waals surface area contributed by atoms with Crippen molar-refractivity contribution in [2.75, 3.05) is 18.5 Å². The summed E-state index contributed by atoms with van der Waals surface area (Å²) in [6, 6.07) is 10.8. The van der Waals surface area contributed by atoms with E-state index in [4.69, 9.17) is 32.7 Å². The van der Waals surface area contributed by atoms with Crippen molar-refractivity contribution < 1.29 is 14.3 Å². The van der Waals surface area contributed by atoms with Gasteiger partial charge in [0.2, 0.25) is 0 Å². The van der Waals surface area contributed by atoms with E-state index < -0.39 is 0 Å². The van der Waals surface area contributed by atoms with E-state index in [2.05, 4.69) is 5.32 Å². The summed E-state index contributed by atoms with van der Waals surface area (Å²) in [5.74, 6) is 0.197. The average molecular weight is 382 g/mol. The van der Waals surface area contributed by atoms with Crippen LogP contribution < -0.4 is 10.1 Å². The summed E-state index contributed by atoms with van der Waals surface area (Å²) in [6.07, 6.45) is 0.887. The number of ether oxygens (including phenoxy) is 2. The van der Waals surface area contributed by atoms with E-state index in [0.29, 0.717) is 41.1 Å². The third kappa shape index (κ3) is 5.55. The van der Waals surface area contributed by atoms with Gasteiger partial charge in [0.05, 0.1) is 28.8 Å². The molecule has 6 heteroatoms. The molecule has 0 heterocycles. The monoisotopic (exact) mass is 381 g/mol. The Hall–Kier alpha value is -1.91. The number of esters is 1. The molecule has 0 aromatic heterocycles. The molecule has 2 rings (SSSR count). The van der Waals surface area contributed by atoms with Crippen molar-refractivity contribution in [2.45, 2.75) is 26.8 Å². The zero-order valence-corrected chi connectivity index (χ0v) is 15.8. The van der Waals surface area contributed by atoms with Gasteiger partial charge in [-0.2, -0.15) is 0 Å². The molecule has 1 N–H and O–H groups in total. The van der Waals surface area contributed by atoms with Gasteiger partial charge in [-0.1, -0.05) is 30.1 Å². The first-order chi connectivity index (χ1) is 12.0. The number of benzene rings is 2. The number of hydrogen-bond acceptors (Lipinski definition) is 4. The molecule has 0 unspecified atom stereocenters. The highest BCUT2D eigenvalue weighted by atomic mass is 35.5. The van der Waals surface area contributed by atoms with Crippen molar-refractivity contribution >= 4 is 34.9 Å². The number of anilines is 1. The van der Waals surface area contributed by atoms with Crippen LogP contribution in [0.5, 0.6) is 5.75 Å². The van der Waals surface area contributed by atoms with Gasteiger partial charge < -0.3 is 14.8 Å². The number of nitrogens with one attached hydrogen (secondary N) is 1. The summed E-state index contributed by atoms with van der Waals surface area (Å²) >= 11 is 12.5. The molecule has 0 saturated carbocycles. The molecule has 0 aliphatic heterocycles. The Balaban J connectivity index is 2.00. The lowest BCUT2D eigenvalue weighted by molar-refractivity contribution is 0.0526. The highest BCUT2D eigenvalue weighted by molar-refractivity contribution is 6.37. The van der Waals surface area contributed by atoms with Crippen molar-refractivity contribution in [2.24, 2.45) is 0 Å². The first-order valence-corrected chi connectivity index (χ1v) is 8.92. The van der Waals surface area contributed by atoms with Gasteiger partial charge in [0.1, 0.15) is 0 Å². The Bertz CT molecular complexity index is 694. The minimum absolute atomic E-state index is 0.324. The number of carbonyl (C=O) groups is 1. The number of halogens is 2. The minimum Gasteiger partial charge on any atom is -0.490 e. The highest BCUT2D eigenvalue weighted by Gasteiger charge is 2.10. The number of hydrogen-bond donors (Lipinski definition) is 1. The van der Waals surface area contributed by atoms with Crippen LogP contribution in [0.4, 0.5) is 5.69 Å². The molecule has 4 nitrogen and oxygen atoms in total. The van der Waals surface area contributed by atoms with Crippen LogP contribution in [0.3, 0.4) is 0 Å². The Morgan fingerprint density at radius 1 is 1.08 bits per heavy atom. The second-order valence-electron chi connectivity index (χ2n) is 5.39. The highest BCUT2D eigenvalue weighted by Crippen LogP contribution is 2.34. The summed E-state index contributed by atoms with van der Waals surface area (Å²) in [7, 11) is 0. The van der Waals surface area contributed by atoms with E-state index in [1.807, 2.05) is 31.2 Å². The standard InChI is InChI=1S/C19H21Cl2NO3/c1-3-9-25-18-16(20)10-13(11-17(18)21)12-22-15-7-5-14(6-8-15)19(23)24-4-2/h5-8,10-11,22H,3-4,9,12H2,1-2H3. The van der Waals surface area contributed by atoms with E-state index in [0.717, 1.165) is 17.7 Å². The Kier molecular flexibility index (Phi) is 7.41. The van der Waals surface area contributed by atoms with E-state index in [1.54, 1.807) is 19.1 Å². The second-order valence-corrected chi connectivity index (χ2v) is 6.20. The summed E-state index contributed by atoms with van der Waals surface area (Å²) in [5.41, 5.74) is 2.34. The molecule has 0 aliphatic carbocycles. The van der Waals surface area contributed by atoms with Gasteiger partial charge in [-0.3, -0.25) is 0 Å². The lowest BCUT2D eigenvalue weighted by atomic mass is 10.2. The summed E-state index contributed by atoms with van der Waals surface area (Å²) in [6.45, 7) is 5.28. The lowest BCUT2D eigenvalue weighted by Gasteiger charge is -2.12. The zero-order chi connectivity index (χ0) is 18.2. The van der Waals surface area contributed by atoms with Crippen LogP contribution in [0.2, 0.25) is 10.0 Å². The van der Waals surface area contributed by atoms with Crippen LogP contribution in [0, 0.1) is 0 Å². The van der Waals surface area contributed by atoms with Crippen LogP contribution in [0.15, 0.2) is 36.4 Å². The van der Waals surface area contributed by atoms with Crippen LogP contribution in [0.25, 0.3) is 0 Å². The summed E-state index contributed by atoms with van der Waals surface area (Å²) in [5, 5.41) is 4.26. The maximum absolute atomic E-state index is 11.6. The number of carbonyl (C=O) groups excluding carboxylic acids is 1. The summed E-state index contributed by atoms with van der Waals surface area (Å²) < 4.78 is 10.5. The molecule has 0 saturated heterocycles. The second kappa shape index (κ2) is 9.54. The van der Waals surface area contributed by atoms with E-state index in [-0.39, 0.29) is 5.97 Å². The van der Waals surface area contributed by atoms with E-state index in [1.165, 1.54) is 0 Å². The molecule has 25 heavy (non-hydrogen) atoms. The Labute approximate surface area is 158 Å². The van der Waals surface area contributed by atoms with Crippen molar-refractivity contribution in [1.82, 2.24) is 0 Å². The van der Waals surface area contributed by atoms with Gasteiger partial charge in [-0.05, 0) is 55.3 Å².